The number of aryl methyl sites for hydroxylation is 1. The molecular formula is C15H13NS2. The molecule has 2 aromatic heterocycles. The fraction of sp³-hybridized carbons (Fsp3) is 0.133. The maximum absolute atomic E-state index is 4.78. The molecule has 0 unspecified atom stereocenters. The van der Waals surface area contributed by atoms with Crippen molar-refractivity contribution in [2.24, 2.45) is 0 Å². The number of rotatable bonds is 3. The summed E-state index contributed by atoms with van der Waals surface area (Å²) in [6.07, 6.45) is 0.925. The van der Waals surface area contributed by atoms with Gasteiger partial charge in [-0.2, -0.15) is 0 Å². The molecule has 0 bridgehead atoms. The summed E-state index contributed by atoms with van der Waals surface area (Å²) in [5.74, 6) is 0. The Morgan fingerprint density at radius 2 is 1.89 bits per heavy atom. The van der Waals surface area contributed by atoms with E-state index in [0.717, 1.165) is 11.4 Å². The summed E-state index contributed by atoms with van der Waals surface area (Å²) >= 11 is 3.54. The second-order valence-electron chi connectivity index (χ2n) is 4.16. The van der Waals surface area contributed by atoms with Crippen LogP contribution in [0.3, 0.4) is 0 Å². The van der Waals surface area contributed by atoms with Gasteiger partial charge in [0.1, 0.15) is 5.01 Å². The van der Waals surface area contributed by atoms with Gasteiger partial charge < -0.3 is 0 Å². The fourth-order valence-corrected chi connectivity index (χ4v) is 3.61. The average Bonchev–Trinajstić information content (AvgIpc) is 3.01. The van der Waals surface area contributed by atoms with Gasteiger partial charge in [0.2, 0.25) is 0 Å². The minimum absolute atomic E-state index is 0.925. The summed E-state index contributed by atoms with van der Waals surface area (Å²) in [6, 6.07) is 14.7. The molecule has 0 aliphatic carbocycles. The molecule has 0 radical (unpaired) electrons. The molecule has 0 fully saturated rings. The van der Waals surface area contributed by atoms with Crippen molar-refractivity contribution < 1.29 is 0 Å². The van der Waals surface area contributed by atoms with E-state index in [4.69, 9.17) is 4.98 Å². The van der Waals surface area contributed by atoms with Crippen LogP contribution in [0.1, 0.15) is 16.1 Å². The Kier molecular flexibility index (Phi) is 3.26. The quantitative estimate of drug-likeness (QED) is 0.668. The number of nitrogens with zero attached hydrogens (tertiary/aromatic N) is 1. The van der Waals surface area contributed by atoms with Crippen molar-refractivity contribution in [3.63, 3.8) is 0 Å². The van der Waals surface area contributed by atoms with E-state index in [9.17, 15) is 0 Å². The Hall–Kier alpha value is -1.45. The largest absolute Gasteiger partial charge is 0.240 e. The van der Waals surface area contributed by atoms with Crippen LogP contribution >= 0.6 is 22.7 Å². The minimum Gasteiger partial charge on any atom is -0.240 e. The van der Waals surface area contributed by atoms with Crippen molar-refractivity contribution in [2.75, 3.05) is 0 Å². The lowest BCUT2D eigenvalue weighted by Crippen LogP contribution is -1.90. The van der Waals surface area contributed by atoms with Crippen LogP contribution in [0.5, 0.6) is 0 Å². The van der Waals surface area contributed by atoms with E-state index in [1.807, 2.05) is 0 Å². The van der Waals surface area contributed by atoms with Gasteiger partial charge in [0, 0.05) is 11.3 Å². The highest BCUT2D eigenvalue weighted by Crippen LogP contribution is 2.31. The molecule has 90 valence electrons. The molecule has 3 heteroatoms. The minimum atomic E-state index is 0.925. The Labute approximate surface area is 115 Å². The van der Waals surface area contributed by atoms with Gasteiger partial charge in [-0.3, -0.25) is 0 Å². The first-order valence-corrected chi connectivity index (χ1v) is 7.56. The van der Waals surface area contributed by atoms with Gasteiger partial charge in [-0.1, -0.05) is 36.4 Å². The maximum atomic E-state index is 4.78. The number of aromatic nitrogens is 1. The Morgan fingerprint density at radius 3 is 2.61 bits per heavy atom. The van der Waals surface area contributed by atoms with Crippen LogP contribution in [0.2, 0.25) is 0 Å². The maximum Gasteiger partial charge on any atom is 0.133 e. The molecule has 0 aliphatic heterocycles. The van der Waals surface area contributed by atoms with Crippen molar-refractivity contribution >= 4 is 22.7 Å². The van der Waals surface area contributed by atoms with E-state index in [1.165, 1.54) is 21.0 Å². The summed E-state index contributed by atoms with van der Waals surface area (Å²) in [4.78, 5) is 7.36. The summed E-state index contributed by atoms with van der Waals surface area (Å²) in [7, 11) is 0. The number of hydrogen-bond acceptors (Lipinski definition) is 3. The van der Waals surface area contributed by atoms with Crippen molar-refractivity contribution in [3.05, 3.63) is 64.0 Å². The lowest BCUT2D eigenvalue weighted by Gasteiger charge is -1.98. The molecule has 3 aromatic rings. The Bertz CT molecular complexity index is 624. The molecule has 3 rings (SSSR count). The molecule has 0 spiro atoms. The highest BCUT2D eigenvalue weighted by Gasteiger charge is 2.10. The standard InChI is InChI=1S/C15H13NS2/c1-11-13(10-12-6-3-2-4-7-12)16-15(18-11)14-8-5-9-17-14/h2-9H,10H2,1H3. The van der Waals surface area contributed by atoms with Gasteiger partial charge in [-0.25, -0.2) is 4.98 Å². The van der Waals surface area contributed by atoms with E-state index in [1.54, 1.807) is 22.7 Å². The van der Waals surface area contributed by atoms with E-state index >= 15 is 0 Å². The first kappa shape index (κ1) is 11.6. The smallest absolute Gasteiger partial charge is 0.133 e. The fourth-order valence-electron chi connectivity index (χ4n) is 1.89. The van der Waals surface area contributed by atoms with Gasteiger partial charge in [0.15, 0.2) is 0 Å². The number of thiazole rings is 1. The first-order chi connectivity index (χ1) is 8.83. The van der Waals surface area contributed by atoms with Crippen LogP contribution in [-0.4, -0.2) is 4.98 Å². The third kappa shape index (κ3) is 2.37. The zero-order chi connectivity index (χ0) is 12.4. The third-order valence-corrected chi connectivity index (χ3v) is 4.89. The highest BCUT2D eigenvalue weighted by molar-refractivity contribution is 7.21. The summed E-state index contributed by atoms with van der Waals surface area (Å²) in [6.45, 7) is 2.16. The van der Waals surface area contributed by atoms with Crippen molar-refractivity contribution in [1.29, 1.82) is 0 Å². The van der Waals surface area contributed by atoms with E-state index < -0.39 is 0 Å². The average molecular weight is 271 g/mol. The molecule has 0 aliphatic rings. The van der Waals surface area contributed by atoms with Gasteiger partial charge in [0.25, 0.3) is 0 Å². The van der Waals surface area contributed by atoms with Crippen molar-refractivity contribution in [2.45, 2.75) is 13.3 Å². The second kappa shape index (κ2) is 5.04. The molecule has 2 heterocycles. The third-order valence-electron chi connectivity index (χ3n) is 2.84. The SMILES string of the molecule is Cc1sc(-c2cccs2)nc1Cc1ccccc1. The number of thiophene rings is 1. The van der Waals surface area contributed by atoms with Crippen LogP contribution in [0.15, 0.2) is 47.8 Å². The number of benzene rings is 1. The van der Waals surface area contributed by atoms with Gasteiger partial charge >= 0.3 is 0 Å². The molecule has 0 saturated heterocycles. The topological polar surface area (TPSA) is 12.9 Å². The van der Waals surface area contributed by atoms with Crippen molar-refractivity contribution in [1.82, 2.24) is 4.98 Å². The molecule has 1 nitrogen and oxygen atoms in total. The lowest BCUT2D eigenvalue weighted by molar-refractivity contribution is 1.09. The number of hydrogen-bond donors (Lipinski definition) is 0. The van der Waals surface area contributed by atoms with Gasteiger partial charge in [-0.05, 0) is 23.9 Å². The predicted octanol–water partition coefficient (Wildman–Crippen LogP) is 4.77. The summed E-state index contributed by atoms with van der Waals surface area (Å²) in [5.41, 5.74) is 2.53. The molecule has 0 N–H and O–H groups in total. The molecule has 0 atom stereocenters. The first-order valence-electron chi connectivity index (χ1n) is 5.87. The molecular weight excluding hydrogens is 258 g/mol. The highest BCUT2D eigenvalue weighted by atomic mass is 32.1. The lowest BCUT2D eigenvalue weighted by atomic mass is 10.1. The van der Waals surface area contributed by atoms with E-state index in [2.05, 4.69) is 54.8 Å². The van der Waals surface area contributed by atoms with Crippen LogP contribution in [-0.2, 0) is 6.42 Å². The zero-order valence-corrected chi connectivity index (χ0v) is 11.7. The predicted molar refractivity (Wildman–Crippen MR) is 79.4 cm³/mol. The van der Waals surface area contributed by atoms with E-state index in [-0.39, 0.29) is 0 Å². The van der Waals surface area contributed by atoms with E-state index in [0.29, 0.717) is 0 Å². The zero-order valence-electron chi connectivity index (χ0n) is 10.1. The van der Waals surface area contributed by atoms with Crippen molar-refractivity contribution in [3.8, 4) is 9.88 Å². The monoisotopic (exact) mass is 271 g/mol. The van der Waals surface area contributed by atoms with Crippen LogP contribution in [0.25, 0.3) is 9.88 Å². The van der Waals surface area contributed by atoms with Crippen LogP contribution in [0, 0.1) is 6.92 Å². The van der Waals surface area contributed by atoms with Gasteiger partial charge in [0.05, 0.1) is 10.6 Å². The molecule has 18 heavy (non-hydrogen) atoms. The van der Waals surface area contributed by atoms with Gasteiger partial charge in [-0.15, -0.1) is 22.7 Å². The summed E-state index contributed by atoms with van der Waals surface area (Å²) in [5, 5.41) is 3.25. The Morgan fingerprint density at radius 1 is 1.06 bits per heavy atom. The molecule has 1 aromatic carbocycles. The summed E-state index contributed by atoms with van der Waals surface area (Å²) < 4.78 is 0. The normalized spacial score (nSPS) is 10.7. The van der Waals surface area contributed by atoms with Crippen LogP contribution in [0.4, 0.5) is 0 Å². The van der Waals surface area contributed by atoms with Crippen LogP contribution < -0.4 is 0 Å². The Balaban J connectivity index is 1.90. The second-order valence-corrected chi connectivity index (χ2v) is 6.31. The molecule has 0 saturated carbocycles. The molecule has 0 amide bonds.